The summed E-state index contributed by atoms with van der Waals surface area (Å²) < 4.78 is 7.66. The summed E-state index contributed by atoms with van der Waals surface area (Å²) in [5, 5.41) is 7.90. The number of hydrogen-bond acceptors (Lipinski definition) is 3. The number of ether oxygens (including phenoxy) is 1. The van der Waals surface area contributed by atoms with Crippen LogP contribution in [0.3, 0.4) is 0 Å². The van der Waals surface area contributed by atoms with E-state index in [1.165, 1.54) is 0 Å². The molecule has 0 spiro atoms. The average molecular weight is 237 g/mol. The highest BCUT2D eigenvalue weighted by atomic mass is 16.5. The molecule has 0 radical (unpaired) electrons. The van der Waals surface area contributed by atoms with Crippen molar-refractivity contribution >= 4 is 5.69 Å². The summed E-state index contributed by atoms with van der Waals surface area (Å²) in [6.45, 7) is 7.33. The van der Waals surface area contributed by atoms with Gasteiger partial charge in [-0.2, -0.15) is 5.10 Å². The van der Waals surface area contributed by atoms with Crippen molar-refractivity contribution in [2.75, 3.05) is 11.9 Å². The molecule has 0 aliphatic carbocycles. The molecule has 1 aliphatic heterocycles. The van der Waals surface area contributed by atoms with E-state index >= 15 is 0 Å². The van der Waals surface area contributed by atoms with Gasteiger partial charge >= 0.3 is 0 Å². The number of aromatic nitrogens is 2. The molecule has 96 valence electrons. The minimum Gasteiger partial charge on any atom is -0.380 e. The van der Waals surface area contributed by atoms with Crippen LogP contribution in [0.5, 0.6) is 0 Å². The number of rotatable bonds is 4. The van der Waals surface area contributed by atoms with Crippen molar-refractivity contribution in [3.8, 4) is 0 Å². The van der Waals surface area contributed by atoms with E-state index in [0.29, 0.717) is 18.2 Å². The van der Waals surface area contributed by atoms with Gasteiger partial charge in [-0.25, -0.2) is 0 Å². The van der Waals surface area contributed by atoms with Gasteiger partial charge in [0, 0.05) is 24.9 Å². The SMILES string of the molecule is CCC1CC(Nc2cnn(C(C)C)c2)CCO1. The molecule has 1 saturated heterocycles. The Morgan fingerprint density at radius 2 is 2.41 bits per heavy atom. The summed E-state index contributed by atoms with van der Waals surface area (Å²) in [7, 11) is 0. The van der Waals surface area contributed by atoms with E-state index in [0.717, 1.165) is 31.6 Å². The Hall–Kier alpha value is -1.03. The van der Waals surface area contributed by atoms with Crippen molar-refractivity contribution in [3.05, 3.63) is 12.4 Å². The lowest BCUT2D eigenvalue weighted by atomic mass is 10.0. The van der Waals surface area contributed by atoms with E-state index in [9.17, 15) is 0 Å². The zero-order valence-corrected chi connectivity index (χ0v) is 11.0. The van der Waals surface area contributed by atoms with Crippen LogP contribution >= 0.6 is 0 Å². The lowest BCUT2D eigenvalue weighted by Gasteiger charge is -2.29. The molecule has 2 rings (SSSR count). The summed E-state index contributed by atoms with van der Waals surface area (Å²) in [4.78, 5) is 0. The second kappa shape index (κ2) is 5.54. The van der Waals surface area contributed by atoms with Crippen LogP contribution in [-0.4, -0.2) is 28.5 Å². The lowest BCUT2D eigenvalue weighted by Crippen LogP contribution is -2.33. The first-order valence-electron chi connectivity index (χ1n) is 6.61. The van der Waals surface area contributed by atoms with Crippen molar-refractivity contribution in [1.29, 1.82) is 0 Å². The highest BCUT2D eigenvalue weighted by Gasteiger charge is 2.21. The Bertz CT molecular complexity index is 348. The van der Waals surface area contributed by atoms with Crippen molar-refractivity contribution in [3.63, 3.8) is 0 Å². The van der Waals surface area contributed by atoms with Crippen LogP contribution in [0, 0.1) is 0 Å². The van der Waals surface area contributed by atoms with Crippen LogP contribution in [0.1, 0.15) is 46.1 Å². The molecular formula is C13H23N3O. The molecule has 0 saturated carbocycles. The number of nitrogens with zero attached hydrogens (tertiary/aromatic N) is 2. The van der Waals surface area contributed by atoms with Crippen molar-refractivity contribution in [2.45, 2.75) is 58.2 Å². The normalized spacial score (nSPS) is 25.2. The van der Waals surface area contributed by atoms with Crippen LogP contribution in [0.15, 0.2) is 12.4 Å². The highest BCUT2D eigenvalue weighted by Crippen LogP contribution is 2.20. The van der Waals surface area contributed by atoms with Gasteiger partial charge in [0.05, 0.1) is 18.0 Å². The Balaban J connectivity index is 1.91. The fourth-order valence-electron chi connectivity index (χ4n) is 2.23. The molecule has 0 amide bonds. The summed E-state index contributed by atoms with van der Waals surface area (Å²) in [6, 6.07) is 0.946. The van der Waals surface area contributed by atoms with E-state index in [1.54, 1.807) is 0 Å². The first-order valence-corrected chi connectivity index (χ1v) is 6.61. The smallest absolute Gasteiger partial charge is 0.0728 e. The highest BCUT2D eigenvalue weighted by molar-refractivity contribution is 5.39. The van der Waals surface area contributed by atoms with E-state index in [2.05, 4.69) is 37.4 Å². The zero-order valence-electron chi connectivity index (χ0n) is 11.0. The van der Waals surface area contributed by atoms with Gasteiger partial charge in [0.25, 0.3) is 0 Å². The molecule has 1 aromatic heterocycles. The molecule has 1 fully saturated rings. The minimum absolute atomic E-state index is 0.418. The lowest BCUT2D eigenvalue weighted by molar-refractivity contribution is 0.00925. The largest absolute Gasteiger partial charge is 0.380 e. The quantitative estimate of drug-likeness (QED) is 0.875. The third kappa shape index (κ3) is 3.22. The van der Waals surface area contributed by atoms with Gasteiger partial charge in [-0.1, -0.05) is 6.92 Å². The fourth-order valence-corrected chi connectivity index (χ4v) is 2.23. The van der Waals surface area contributed by atoms with E-state index in [1.807, 2.05) is 10.9 Å². The topological polar surface area (TPSA) is 39.1 Å². The molecule has 1 N–H and O–H groups in total. The molecule has 4 nitrogen and oxygen atoms in total. The standard InChI is InChI=1S/C13H23N3O/c1-4-13-7-11(5-6-17-13)15-12-8-14-16(9-12)10(2)3/h8-11,13,15H,4-7H2,1-3H3. The third-order valence-corrected chi connectivity index (χ3v) is 3.32. The Labute approximate surface area is 103 Å². The second-order valence-corrected chi connectivity index (χ2v) is 5.07. The second-order valence-electron chi connectivity index (χ2n) is 5.07. The predicted molar refractivity (Wildman–Crippen MR) is 69.3 cm³/mol. The average Bonchev–Trinajstić information content (AvgIpc) is 2.78. The van der Waals surface area contributed by atoms with Gasteiger partial charge < -0.3 is 10.1 Å². The maximum atomic E-state index is 5.68. The monoisotopic (exact) mass is 237 g/mol. The maximum Gasteiger partial charge on any atom is 0.0728 e. The van der Waals surface area contributed by atoms with Crippen molar-refractivity contribution in [1.82, 2.24) is 9.78 Å². The molecule has 17 heavy (non-hydrogen) atoms. The molecule has 2 heterocycles. The third-order valence-electron chi connectivity index (χ3n) is 3.32. The predicted octanol–water partition coefficient (Wildman–Crippen LogP) is 2.83. The maximum absolute atomic E-state index is 5.68. The minimum atomic E-state index is 0.418. The number of anilines is 1. The first kappa shape index (κ1) is 12.4. The van der Waals surface area contributed by atoms with Gasteiger partial charge in [-0.15, -0.1) is 0 Å². The van der Waals surface area contributed by atoms with Gasteiger partial charge in [0.2, 0.25) is 0 Å². The summed E-state index contributed by atoms with van der Waals surface area (Å²) in [6.07, 6.45) is 7.70. The summed E-state index contributed by atoms with van der Waals surface area (Å²) >= 11 is 0. The number of hydrogen-bond donors (Lipinski definition) is 1. The van der Waals surface area contributed by atoms with Crippen LogP contribution in [0.4, 0.5) is 5.69 Å². The molecule has 2 atom stereocenters. The Morgan fingerprint density at radius 1 is 1.59 bits per heavy atom. The van der Waals surface area contributed by atoms with Crippen LogP contribution in [-0.2, 0) is 4.74 Å². The van der Waals surface area contributed by atoms with Gasteiger partial charge in [0.15, 0.2) is 0 Å². The molecule has 4 heteroatoms. The summed E-state index contributed by atoms with van der Waals surface area (Å²) in [5.74, 6) is 0. The summed E-state index contributed by atoms with van der Waals surface area (Å²) in [5.41, 5.74) is 1.13. The van der Waals surface area contributed by atoms with E-state index in [-0.39, 0.29) is 0 Å². The molecule has 0 bridgehead atoms. The van der Waals surface area contributed by atoms with Gasteiger partial charge in [-0.3, -0.25) is 4.68 Å². The van der Waals surface area contributed by atoms with Crippen LogP contribution in [0.2, 0.25) is 0 Å². The van der Waals surface area contributed by atoms with E-state index in [4.69, 9.17) is 4.74 Å². The Morgan fingerprint density at radius 3 is 3.06 bits per heavy atom. The first-order chi connectivity index (χ1) is 8.19. The van der Waals surface area contributed by atoms with Gasteiger partial charge in [0.1, 0.15) is 0 Å². The molecule has 1 aliphatic rings. The Kier molecular flexibility index (Phi) is 4.05. The number of nitrogens with one attached hydrogen (secondary N) is 1. The molecule has 1 aromatic rings. The van der Waals surface area contributed by atoms with Crippen LogP contribution in [0.25, 0.3) is 0 Å². The molecule has 2 unspecified atom stereocenters. The van der Waals surface area contributed by atoms with E-state index < -0.39 is 0 Å². The van der Waals surface area contributed by atoms with Crippen molar-refractivity contribution < 1.29 is 4.74 Å². The van der Waals surface area contributed by atoms with Gasteiger partial charge in [-0.05, 0) is 33.1 Å². The fraction of sp³-hybridized carbons (Fsp3) is 0.769. The van der Waals surface area contributed by atoms with Crippen LogP contribution < -0.4 is 5.32 Å². The molecule has 0 aromatic carbocycles. The molecular weight excluding hydrogens is 214 g/mol. The van der Waals surface area contributed by atoms with Crippen molar-refractivity contribution in [2.24, 2.45) is 0 Å². The zero-order chi connectivity index (χ0) is 12.3.